The van der Waals surface area contributed by atoms with E-state index in [1.807, 2.05) is 91.2 Å². The number of carbonyl (C=O) groups excluding carboxylic acids is 1. The lowest BCUT2D eigenvalue weighted by Crippen LogP contribution is -2.20. The van der Waals surface area contributed by atoms with E-state index in [0.717, 1.165) is 28.1 Å². The summed E-state index contributed by atoms with van der Waals surface area (Å²) in [5.74, 6) is 1.34. The summed E-state index contributed by atoms with van der Waals surface area (Å²) in [5.41, 5.74) is 6.34. The number of thioether (sulfide) groups is 1. The zero-order valence-electron chi connectivity index (χ0n) is 19.3. The highest BCUT2D eigenvalue weighted by molar-refractivity contribution is 7.99. The number of aromatic nitrogens is 3. The predicted octanol–water partition coefficient (Wildman–Crippen LogP) is 5.54. The quantitative estimate of drug-likeness (QED) is 0.183. The van der Waals surface area contributed by atoms with E-state index < -0.39 is 0 Å². The number of carbonyl (C=O) groups is 1. The largest absolute Gasteiger partial charge is 0.494 e. The Labute approximate surface area is 213 Å². The number of ether oxygens (including phenoxy) is 1. The number of nitrogens with zero attached hydrogens (tertiary/aromatic N) is 4. The minimum absolute atomic E-state index is 0.130. The van der Waals surface area contributed by atoms with Crippen LogP contribution in [0.2, 0.25) is 5.02 Å². The number of hydrogen-bond donors (Lipinski definition) is 1. The van der Waals surface area contributed by atoms with Crippen LogP contribution in [0.5, 0.6) is 5.75 Å². The van der Waals surface area contributed by atoms with Gasteiger partial charge in [0.2, 0.25) is 0 Å². The van der Waals surface area contributed by atoms with E-state index in [1.165, 1.54) is 11.8 Å². The summed E-state index contributed by atoms with van der Waals surface area (Å²) >= 11 is 7.34. The second kappa shape index (κ2) is 11.7. The van der Waals surface area contributed by atoms with Gasteiger partial charge < -0.3 is 4.74 Å². The Morgan fingerprint density at radius 3 is 2.46 bits per heavy atom. The van der Waals surface area contributed by atoms with Crippen molar-refractivity contribution in [2.24, 2.45) is 5.10 Å². The maximum atomic E-state index is 12.4. The van der Waals surface area contributed by atoms with Gasteiger partial charge in [-0.25, -0.2) is 5.43 Å². The molecule has 0 saturated heterocycles. The molecule has 3 aromatic carbocycles. The van der Waals surface area contributed by atoms with E-state index in [9.17, 15) is 4.79 Å². The van der Waals surface area contributed by atoms with Crippen LogP contribution in [0.15, 0.2) is 83.1 Å². The van der Waals surface area contributed by atoms with Crippen LogP contribution in [0.25, 0.3) is 17.1 Å². The molecule has 0 bridgehead atoms. The van der Waals surface area contributed by atoms with Crippen molar-refractivity contribution in [2.75, 3.05) is 12.4 Å². The fourth-order valence-electron chi connectivity index (χ4n) is 3.23. The smallest absolute Gasteiger partial charge is 0.250 e. The monoisotopic (exact) mass is 505 g/mol. The normalized spacial score (nSPS) is 11.1. The minimum Gasteiger partial charge on any atom is -0.494 e. The number of halogens is 1. The standard InChI is InChI=1S/C26H24ClN5O2S/c1-3-34-23-14-6-19(7-15-23)16-28-29-24(33)17-35-26-31-30-25(20-8-10-21(27)11-9-20)32(26)22-12-4-18(2)5-13-22/h4-16H,3,17H2,1-2H3,(H,29,33)/b28-16+. The van der Waals surface area contributed by atoms with Gasteiger partial charge in [-0.05, 0) is 80.1 Å². The Balaban J connectivity index is 1.46. The minimum atomic E-state index is -0.247. The van der Waals surface area contributed by atoms with Crippen molar-refractivity contribution < 1.29 is 9.53 Å². The maximum absolute atomic E-state index is 12.4. The Kier molecular flexibility index (Phi) is 8.18. The zero-order chi connectivity index (χ0) is 24.6. The molecule has 0 aliphatic rings. The first-order chi connectivity index (χ1) is 17.0. The van der Waals surface area contributed by atoms with Crippen molar-refractivity contribution in [3.05, 3.63) is 88.9 Å². The summed E-state index contributed by atoms with van der Waals surface area (Å²) in [6.07, 6.45) is 1.59. The molecule has 4 rings (SSSR count). The van der Waals surface area contributed by atoms with Crippen molar-refractivity contribution in [3.8, 4) is 22.8 Å². The number of aryl methyl sites for hydroxylation is 1. The van der Waals surface area contributed by atoms with Crippen LogP contribution >= 0.6 is 23.4 Å². The molecule has 7 nitrogen and oxygen atoms in total. The first-order valence-corrected chi connectivity index (χ1v) is 12.4. The van der Waals surface area contributed by atoms with Gasteiger partial charge in [-0.3, -0.25) is 9.36 Å². The molecule has 0 radical (unpaired) electrons. The molecule has 35 heavy (non-hydrogen) atoms. The van der Waals surface area contributed by atoms with Crippen LogP contribution in [-0.2, 0) is 4.79 Å². The van der Waals surface area contributed by atoms with Crippen molar-refractivity contribution in [3.63, 3.8) is 0 Å². The molecule has 0 fully saturated rings. The third kappa shape index (κ3) is 6.49. The van der Waals surface area contributed by atoms with Gasteiger partial charge in [0.1, 0.15) is 5.75 Å². The maximum Gasteiger partial charge on any atom is 0.250 e. The van der Waals surface area contributed by atoms with Crippen LogP contribution in [0, 0.1) is 6.92 Å². The van der Waals surface area contributed by atoms with E-state index in [4.69, 9.17) is 16.3 Å². The van der Waals surface area contributed by atoms with Crippen LogP contribution in [0.1, 0.15) is 18.1 Å². The van der Waals surface area contributed by atoms with Gasteiger partial charge >= 0.3 is 0 Å². The number of hydrazone groups is 1. The molecule has 1 heterocycles. The number of nitrogens with one attached hydrogen (secondary N) is 1. The van der Waals surface area contributed by atoms with Gasteiger partial charge in [-0.1, -0.05) is 41.1 Å². The third-order valence-electron chi connectivity index (χ3n) is 4.95. The molecule has 0 aliphatic heterocycles. The number of benzene rings is 3. The molecule has 1 amide bonds. The topological polar surface area (TPSA) is 81.4 Å². The summed E-state index contributed by atoms with van der Waals surface area (Å²) in [6, 6.07) is 22.9. The Hall–Kier alpha value is -3.62. The molecule has 0 atom stereocenters. The molecule has 9 heteroatoms. The van der Waals surface area contributed by atoms with Crippen LogP contribution in [0.4, 0.5) is 0 Å². The first-order valence-electron chi connectivity index (χ1n) is 11.0. The second-order valence-corrected chi connectivity index (χ2v) is 8.95. The van der Waals surface area contributed by atoms with E-state index in [1.54, 1.807) is 6.21 Å². The number of rotatable bonds is 9. The Bertz CT molecular complexity index is 1300. The highest BCUT2D eigenvalue weighted by Crippen LogP contribution is 2.28. The average molecular weight is 506 g/mol. The Morgan fingerprint density at radius 2 is 1.77 bits per heavy atom. The summed E-state index contributed by atoms with van der Waals surface area (Å²) < 4.78 is 7.36. The number of amides is 1. The summed E-state index contributed by atoms with van der Waals surface area (Å²) in [6.45, 7) is 4.58. The van der Waals surface area contributed by atoms with E-state index in [0.29, 0.717) is 22.6 Å². The molecular weight excluding hydrogens is 482 g/mol. The van der Waals surface area contributed by atoms with Crippen molar-refractivity contribution >= 4 is 35.5 Å². The van der Waals surface area contributed by atoms with Gasteiger partial charge in [0.15, 0.2) is 11.0 Å². The average Bonchev–Trinajstić information content (AvgIpc) is 3.29. The van der Waals surface area contributed by atoms with E-state index in [-0.39, 0.29) is 11.7 Å². The SMILES string of the molecule is CCOc1ccc(/C=N/NC(=O)CSc2nnc(-c3ccc(Cl)cc3)n2-c2ccc(C)cc2)cc1. The Morgan fingerprint density at radius 1 is 1.06 bits per heavy atom. The third-order valence-corrected chi connectivity index (χ3v) is 6.14. The molecule has 1 aromatic heterocycles. The second-order valence-electron chi connectivity index (χ2n) is 7.57. The summed E-state index contributed by atoms with van der Waals surface area (Å²) in [7, 11) is 0. The molecule has 4 aromatic rings. The lowest BCUT2D eigenvalue weighted by molar-refractivity contribution is -0.118. The molecule has 1 N–H and O–H groups in total. The van der Waals surface area contributed by atoms with Crippen molar-refractivity contribution in [2.45, 2.75) is 19.0 Å². The molecule has 0 saturated carbocycles. The van der Waals surface area contributed by atoms with Crippen LogP contribution < -0.4 is 10.2 Å². The predicted molar refractivity (Wildman–Crippen MR) is 141 cm³/mol. The molecule has 178 valence electrons. The molecule has 0 unspecified atom stereocenters. The summed E-state index contributed by atoms with van der Waals surface area (Å²) in [5, 5.41) is 14.0. The van der Waals surface area contributed by atoms with Gasteiger partial charge in [-0.15, -0.1) is 10.2 Å². The molecule has 0 spiro atoms. The van der Waals surface area contributed by atoms with Gasteiger partial charge in [-0.2, -0.15) is 5.10 Å². The fraction of sp³-hybridized carbons (Fsp3) is 0.154. The van der Waals surface area contributed by atoms with Gasteiger partial charge in [0, 0.05) is 16.3 Å². The van der Waals surface area contributed by atoms with Crippen molar-refractivity contribution in [1.29, 1.82) is 0 Å². The molecular formula is C26H24ClN5O2S. The van der Waals surface area contributed by atoms with E-state index in [2.05, 4.69) is 20.7 Å². The highest BCUT2D eigenvalue weighted by atomic mass is 35.5. The number of hydrogen-bond acceptors (Lipinski definition) is 6. The lowest BCUT2D eigenvalue weighted by atomic mass is 10.2. The first kappa shape index (κ1) is 24.5. The fourth-order valence-corrected chi connectivity index (χ4v) is 4.10. The zero-order valence-corrected chi connectivity index (χ0v) is 20.9. The van der Waals surface area contributed by atoms with Crippen molar-refractivity contribution in [1.82, 2.24) is 20.2 Å². The lowest BCUT2D eigenvalue weighted by Gasteiger charge is -2.10. The van der Waals surface area contributed by atoms with Gasteiger partial charge in [0.25, 0.3) is 5.91 Å². The van der Waals surface area contributed by atoms with Crippen LogP contribution in [0.3, 0.4) is 0 Å². The van der Waals surface area contributed by atoms with E-state index >= 15 is 0 Å². The van der Waals surface area contributed by atoms with Crippen LogP contribution in [-0.4, -0.2) is 39.2 Å². The van der Waals surface area contributed by atoms with Gasteiger partial charge in [0.05, 0.1) is 18.6 Å². The molecule has 0 aliphatic carbocycles. The highest BCUT2D eigenvalue weighted by Gasteiger charge is 2.17. The summed E-state index contributed by atoms with van der Waals surface area (Å²) in [4.78, 5) is 12.4.